The molecule has 1 aliphatic carbocycles. The van der Waals surface area contributed by atoms with E-state index in [9.17, 15) is 16.8 Å². The van der Waals surface area contributed by atoms with E-state index in [0.717, 1.165) is 25.5 Å². The van der Waals surface area contributed by atoms with Crippen LogP contribution in [0.15, 0.2) is 0 Å². The molecule has 108 valence electrons. The average molecular weight is 318 g/mol. The van der Waals surface area contributed by atoms with Crippen LogP contribution in [-0.4, -0.2) is 46.0 Å². The molecule has 0 unspecified atom stereocenters. The Balaban J connectivity index is 2.68. The summed E-state index contributed by atoms with van der Waals surface area (Å²) < 4.78 is 48.4. The molecule has 5 nitrogen and oxygen atoms in total. The van der Waals surface area contributed by atoms with Crippen LogP contribution in [0.3, 0.4) is 0 Å². The summed E-state index contributed by atoms with van der Waals surface area (Å²) in [6.07, 6.45) is 5.44. The number of halogens is 1. The minimum Gasteiger partial charge on any atom is -0.229 e. The van der Waals surface area contributed by atoms with Gasteiger partial charge in [0.05, 0.1) is 11.5 Å². The first-order chi connectivity index (χ1) is 8.18. The van der Waals surface area contributed by atoms with Crippen LogP contribution in [0, 0.1) is 0 Å². The summed E-state index contributed by atoms with van der Waals surface area (Å²) in [4.78, 5) is 0. The smallest absolute Gasteiger partial charge is 0.213 e. The molecule has 0 aromatic rings. The largest absolute Gasteiger partial charge is 0.229 e. The standard InChI is InChI=1S/C10H20ClNO4S2/c1-17(13,14)7-8-18(15,16)12-10(9-11)5-3-2-4-6-10/h12H,2-9H2,1H3. The molecule has 0 heterocycles. The molecule has 0 aromatic heterocycles. The van der Waals surface area contributed by atoms with Gasteiger partial charge in [-0.3, -0.25) is 0 Å². The first kappa shape index (κ1) is 16.2. The summed E-state index contributed by atoms with van der Waals surface area (Å²) in [7, 11) is -6.88. The maximum atomic E-state index is 11.9. The van der Waals surface area contributed by atoms with Crippen LogP contribution in [0.4, 0.5) is 0 Å². The maximum absolute atomic E-state index is 11.9. The number of hydrogen-bond acceptors (Lipinski definition) is 4. The van der Waals surface area contributed by atoms with Gasteiger partial charge in [-0.2, -0.15) is 0 Å². The number of rotatable bonds is 6. The Morgan fingerprint density at radius 3 is 2.06 bits per heavy atom. The van der Waals surface area contributed by atoms with Crippen molar-refractivity contribution in [1.29, 1.82) is 0 Å². The van der Waals surface area contributed by atoms with Crippen molar-refractivity contribution < 1.29 is 16.8 Å². The monoisotopic (exact) mass is 317 g/mol. The highest BCUT2D eigenvalue weighted by Gasteiger charge is 2.35. The third kappa shape index (κ3) is 5.42. The van der Waals surface area contributed by atoms with Crippen molar-refractivity contribution in [2.45, 2.75) is 37.6 Å². The van der Waals surface area contributed by atoms with E-state index in [0.29, 0.717) is 12.8 Å². The Bertz CT molecular complexity index is 466. The molecule has 1 rings (SSSR count). The molecular weight excluding hydrogens is 298 g/mol. The lowest BCUT2D eigenvalue weighted by Crippen LogP contribution is -2.52. The summed E-state index contributed by atoms with van der Waals surface area (Å²) in [6.45, 7) is 0. The molecule has 0 aromatic carbocycles. The number of alkyl halides is 1. The minimum atomic E-state index is -3.60. The van der Waals surface area contributed by atoms with Crippen LogP contribution < -0.4 is 4.72 Å². The van der Waals surface area contributed by atoms with Gasteiger partial charge in [0.1, 0.15) is 9.84 Å². The van der Waals surface area contributed by atoms with E-state index in [1.54, 1.807) is 0 Å². The molecule has 0 saturated heterocycles. The predicted molar refractivity (Wildman–Crippen MR) is 73.2 cm³/mol. The summed E-state index contributed by atoms with van der Waals surface area (Å²) >= 11 is 5.89. The molecule has 0 spiro atoms. The summed E-state index contributed by atoms with van der Waals surface area (Å²) in [5, 5.41) is 0. The van der Waals surface area contributed by atoms with Gasteiger partial charge in [-0.1, -0.05) is 19.3 Å². The van der Waals surface area contributed by atoms with E-state index in [4.69, 9.17) is 11.6 Å². The van der Waals surface area contributed by atoms with Gasteiger partial charge >= 0.3 is 0 Å². The van der Waals surface area contributed by atoms with E-state index in [-0.39, 0.29) is 11.6 Å². The average Bonchev–Trinajstić information content (AvgIpc) is 2.27. The van der Waals surface area contributed by atoms with E-state index in [2.05, 4.69) is 4.72 Å². The highest BCUT2D eigenvalue weighted by atomic mass is 35.5. The van der Waals surface area contributed by atoms with Gasteiger partial charge in [0.2, 0.25) is 10.0 Å². The second kappa shape index (κ2) is 6.07. The summed E-state index contributed by atoms with van der Waals surface area (Å²) in [5.74, 6) is -0.531. The predicted octanol–water partition coefficient (Wildman–Crippen LogP) is 0.892. The van der Waals surface area contributed by atoms with Crippen molar-refractivity contribution in [2.24, 2.45) is 0 Å². The van der Waals surface area contributed by atoms with Gasteiger partial charge in [-0.05, 0) is 12.8 Å². The fourth-order valence-corrected chi connectivity index (χ4v) is 5.67. The van der Waals surface area contributed by atoms with Crippen molar-refractivity contribution in [3.8, 4) is 0 Å². The lowest BCUT2D eigenvalue weighted by Gasteiger charge is -2.36. The van der Waals surface area contributed by atoms with Gasteiger partial charge in [-0.15, -0.1) is 11.6 Å². The Hall–Kier alpha value is 0.150. The Morgan fingerprint density at radius 1 is 1.06 bits per heavy atom. The van der Waals surface area contributed by atoms with E-state index >= 15 is 0 Å². The quantitative estimate of drug-likeness (QED) is 0.738. The lowest BCUT2D eigenvalue weighted by atomic mass is 9.84. The van der Waals surface area contributed by atoms with Gasteiger partial charge in [-0.25, -0.2) is 21.6 Å². The molecule has 1 N–H and O–H groups in total. The molecule has 0 aliphatic heterocycles. The zero-order valence-electron chi connectivity index (χ0n) is 10.5. The fourth-order valence-electron chi connectivity index (χ4n) is 2.13. The first-order valence-electron chi connectivity index (χ1n) is 5.93. The van der Waals surface area contributed by atoms with E-state index in [1.165, 1.54) is 0 Å². The zero-order valence-corrected chi connectivity index (χ0v) is 12.9. The number of sulfonamides is 1. The van der Waals surface area contributed by atoms with Crippen molar-refractivity contribution in [3.63, 3.8) is 0 Å². The number of hydrogen-bond donors (Lipinski definition) is 1. The van der Waals surface area contributed by atoms with Crippen LogP contribution in [0.5, 0.6) is 0 Å². The molecule has 18 heavy (non-hydrogen) atoms. The molecule has 0 atom stereocenters. The number of nitrogens with one attached hydrogen (secondary N) is 1. The van der Waals surface area contributed by atoms with Crippen LogP contribution in [0.2, 0.25) is 0 Å². The molecule has 0 amide bonds. The lowest BCUT2D eigenvalue weighted by molar-refractivity contribution is 0.298. The SMILES string of the molecule is CS(=O)(=O)CCS(=O)(=O)NC1(CCl)CCCCC1. The first-order valence-corrected chi connectivity index (χ1v) is 10.2. The third-order valence-electron chi connectivity index (χ3n) is 3.16. The van der Waals surface area contributed by atoms with Crippen LogP contribution in [0.1, 0.15) is 32.1 Å². The molecule has 8 heteroatoms. The van der Waals surface area contributed by atoms with Crippen LogP contribution in [-0.2, 0) is 19.9 Å². The molecule has 0 radical (unpaired) electrons. The van der Waals surface area contributed by atoms with Crippen molar-refractivity contribution in [1.82, 2.24) is 4.72 Å². The highest BCUT2D eigenvalue weighted by molar-refractivity contribution is 7.93. The van der Waals surface area contributed by atoms with E-state index in [1.807, 2.05) is 0 Å². The van der Waals surface area contributed by atoms with Crippen LogP contribution in [0.25, 0.3) is 0 Å². The van der Waals surface area contributed by atoms with Crippen LogP contribution >= 0.6 is 11.6 Å². The Morgan fingerprint density at radius 2 is 1.61 bits per heavy atom. The molecule has 0 bridgehead atoms. The van der Waals surface area contributed by atoms with Gasteiger partial charge in [0.15, 0.2) is 0 Å². The maximum Gasteiger partial charge on any atom is 0.213 e. The number of sulfone groups is 1. The molecular formula is C10H20ClNO4S2. The van der Waals surface area contributed by atoms with Crippen molar-refractivity contribution in [3.05, 3.63) is 0 Å². The van der Waals surface area contributed by atoms with Crippen molar-refractivity contribution in [2.75, 3.05) is 23.6 Å². The highest BCUT2D eigenvalue weighted by Crippen LogP contribution is 2.30. The van der Waals surface area contributed by atoms with Gasteiger partial charge in [0, 0.05) is 17.7 Å². The summed E-state index contributed by atoms with van der Waals surface area (Å²) in [6, 6.07) is 0. The van der Waals surface area contributed by atoms with Gasteiger partial charge in [0.25, 0.3) is 0 Å². The third-order valence-corrected chi connectivity index (χ3v) is 6.36. The van der Waals surface area contributed by atoms with E-state index < -0.39 is 31.2 Å². The Kier molecular flexibility index (Phi) is 5.46. The van der Waals surface area contributed by atoms with Crippen molar-refractivity contribution >= 4 is 31.5 Å². The fraction of sp³-hybridized carbons (Fsp3) is 1.00. The summed E-state index contributed by atoms with van der Waals surface area (Å²) in [5.41, 5.74) is -0.587. The molecule has 1 aliphatic rings. The second-order valence-corrected chi connectivity index (χ2v) is 9.39. The topological polar surface area (TPSA) is 80.3 Å². The molecule has 1 fully saturated rings. The second-order valence-electron chi connectivity index (χ2n) is 5.03. The zero-order chi connectivity index (χ0) is 13.9. The normalized spacial score (nSPS) is 20.8. The van der Waals surface area contributed by atoms with Gasteiger partial charge < -0.3 is 0 Å². The Labute approximate surface area is 114 Å². The minimum absolute atomic E-state index is 0.227. The molecule has 1 saturated carbocycles.